The van der Waals surface area contributed by atoms with Crippen molar-refractivity contribution in [1.29, 1.82) is 0 Å². The summed E-state index contributed by atoms with van der Waals surface area (Å²) in [5.41, 5.74) is 7.74. The Balaban J connectivity index is 1.78. The molecule has 0 aliphatic carbocycles. The van der Waals surface area contributed by atoms with Crippen molar-refractivity contribution in [3.8, 4) is 5.75 Å². The van der Waals surface area contributed by atoms with E-state index in [0.717, 1.165) is 21.8 Å². The first-order valence-corrected chi connectivity index (χ1v) is 6.93. The molecule has 0 spiro atoms. The highest BCUT2D eigenvalue weighted by molar-refractivity contribution is 7.18. The summed E-state index contributed by atoms with van der Waals surface area (Å²) in [5, 5.41) is 0.980. The summed E-state index contributed by atoms with van der Waals surface area (Å²) < 4.78 is 6.87. The van der Waals surface area contributed by atoms with Gasteiger partial charge in [0, 0.05) is 6.54 Å². The molecule has 3 nitrogen and oxygen atoms in total. The molecule has 96 valence electrons. The molecule has 0 fully saturated rings. The summed E-state index contributed by atoms with van der Waals surface area (Å²) in [6.45, 7) is 1.05. The molecular weight excluding hydrogens is 256 g/mol. The third-order valence-electron chi connectivity index (χ3n) is 2.84. The van der Waals surface area contributed by atoms with E-state index in [2.05, 4.69) is 11.1 Å². The van der Waals surface area contributed by atoms with Crippen LogP contribution in [-0.2, 0) is 13.2 Å². The van der Waals surface area contributed by atoms with E-state index in [9.17, 15) is 0 Å². The largest absolute Gasteiger partial charge is 0.486 e. The summed E-state index contributed by atoms with van der Waals surface area (Å²) in [7, 11) is 0. The fourth-order valence-electron chi connectivity index (χ4n) is 1.87. The van der Waals surface area contributed by atoms with Crippen molar-refractivity contribution in [1.82, 2.24) is 4.98 Å². The first kappa shape index (κ1) is 12.1. The number of thiazole rings is 1. The first-order valence-electron chi connectivity index (χ1n) is 6.11. The van der Waals surface area contributed by atoms with Gasteiger partial charge in [-0.3, -0.25) is 0 Å². The predicted molar refractivity (Wildman–Crippen MR) is 78.3 cm³/mol. The molecule has 2 N–H and O–H groups in total. The molecule has 0 aliphatic heterocycles. The van der Waals surface area contributed by atoms with Gasteiger partial charge in [0.2, 0.25) is 0 Å². The van der Waals surface area contributed by atoms with E-state index >= 15 is 0 Å². The molecule has 4 heteroatoms. The van der Waals surface area contributed by atoms with Gasteiger partial charge in [-0.25, -0.2) is 4.98 Å². The van der Waals surface area contributed by atoms with E-state index in [4.69, 9.17) is 10.5 Å². The lowest BCUT2D eigenvalue weighted by Crippen LogP contribution is -1.95. The molecular formula is C15H14N2OS. The van der Waals surface area contributed by atoms with Crippen LogP contribution in [0.2, 0.25) is 0 Å². The van der Waals surface area contributed by atoms with E-state index in [1.807, 2.05) is 42.5 Å². The molecule has 2 aromatic carbocycles. The van der Waals surface area contributed by atoms with E-state index < -0.39 is 0 Å². The van der Waals surface area contributed by atoms with Gasteiger partial charge >= 0.3 is 0 Å². The van der Waals surface area contributed by atoms with Crippen molar-refractivity contribution in [3.05, 3.63) is 59.1 Å². The number of hydrogen-bond donors (Lipinski definition) is 1. The van der Waals surface area contributed by atoms with Gasteiger partial charge in [0.25, 0.3) is 0 Å². The minimum absolute atomic E-state index is 0.501. The molecule has 3 rings (SSSR count). The van der Waals surface area contributed by atoms with E-state index in [0.29, 0.717) is 13.2 Å². The van der Waals surface area contributed by atoms with Crippen LogP contribution in [0.5, 0.6) is 5.75 Å². The highest BCUT2D eigenvalue weighted by Crippen LogP contribution is 2.24. The van der Waals surface area contributed by atoms with Gasteiger partial charge < -0.3 is 10.5 Å². The summed E-state index contributed by atoms with van der Waals surface area (Å²) in [5.74, 6) is 0.865. The van der Waals surface area contributed by atoms with E-state index in [-0.39, 0.29) is 0 Å². The number of benzene rings is 2. The Morgan fingerprint density at radius 3 is 2.74 bits per heavy atom. The molecule has 0 unspecified atom stereocenters. The molecule has 1 heterocycles. The van der Waals surface area contributed by atoms with Crippen LogP contribution < -0.4 is 10.5 Å². The zero-order chi connectivity index (χ0) is 13.1. The van der Waals surface area contributed by atoms with Crippen molar-refractivity contribution < 1.29 is 4.74 Å². The Labute approximate surface area is 115 Å². The highest BCUT2D eigenvalue weighted by atomic mass is 32.1. The number of ether oxygens (including phenoxy) is 1. The smallest absolute Gasteiger partial charge is 0.140 e. The van der Waals surface area contributed by atoms with Crippen molar-refractivity contribution in [2.45, 2.75) is 13.2 Å². The fraction of sp³-hybridized carbons (Fsp3) is 0.133. The molecule has 0 aliphatic rings. The monoisotopic (exact) mass is 270 g/mol. The molecule has 0 saturated heterocycles. The van der Waals surface area contributed by atoms with Gasteiger partial charge in [-0.1, -0.05) is 24.3 Å². The quantitative estimate of drug-likeness (QED) is 0.791. The number of para-hydroxylation sites is 1. The first-order chi connectivity index (χ1) is 9.35. The zero-order valence-electron chi connectivity index (χ0n) is 10.4. The Hall–Kier alpha value is -1.91. The van der Waals surface area contributed by atoms with Gasteiger partial charge in [-0.2, -0.15) is 0 Å². The summed E-state index contributed by atoms with van der Waals surface area (Å²) >= 11 is 1.66. The molecule has 1 aromatic heterocycles. The maximum absolute atomic E-state index is 5.70. The lowest BCUT2D eigenvalue weighted by molar-refractivity contribution is 0.306. The summed E-state index contributed by atoms with van der Waals surface area (Å²) in [4.78, 5) is 4.57. The zero-order valence-corrected chi connectivity index (χ0v) is 11.2. The normalized spacial score (nSPS) is 10.8. The molecule has 19 heavy (non-hydrogen) atoms. The number of rotatable bonds is 4. The third kappa shape index (κ3) is 2.75. The Bertz CT molecular complexity index is 679. The molecule has 3 aromatic rings. The van der Waals surface area contributed by atoms with Crippen LogP contribution in [0.1, 0.15) is 10.6 Å². The topological polar surface area (TPSA) is 48.1 Å². The van der Waals surface area contributed by atoms with Crippen molar-refractivity contribution in [2.24, 2.45) is 5.73 Å². The number of aromatic nitrogens is 1. The average molecular weight is 270 g/mol. The Kier molecular flexibility index (Phi) is 3.44. The number of nitrogens with two attached hydrogens (primary N) is 1. The van der Waals surface area contributed by atoms with Crippen LogP contribution in [0.15, 0.2) is 48.5 Å². The van der Waals surface area contributed by atoms with Crippen LogP contribution in [-0.4, -0.2) is 4.98 Å². The standard InChI is InChI=1S/C15H14N2OS/c16-9-11-6-7-14-13(8-11)17-15(19-14)10-18-12-4-2-1-3-5-12/h1-8H,9-10,16H2. The number of hydrogen-bond acceptors (Lipinski definition) is 4. The maximum atomic E-state index is 5.70. The molecule has 0 saturated carbocycles. The van der Waals surface area contributed by atoms with Crippen LogP contribution in [0.4, 0.5) is 0 Å². The van der Waals surface area contributed by atoms with Gasteiger partial charge in [-0.05, 0) is 29.8 Å². The van der Waals surface area contributed by atoms with Crippen LogP contribution in [0.3, 0.4) is 0 Å². The Morgan fingerprint density at radius 2 is 1.95 bits per heavy atom. The molecule has 0 amide bonds. The van der Waals surface area contributed by atoms with E-state index in [1.165, 1.54) is 4.70 Å². The average Bonchev–Trinajstić information content (AvgIpc) is 2.88. The van der Waals surface area contributed by atoms with Crippen LogP contribution in [0.25, 0.3) is 10.2 Å². The van der Waals surface area contributed by atoms with Crippen molar-refractivity contribution in [2.75, 3.05) is 0 Å². The predicted octanol–water partition coefficient (Wildman–Crippen LogP) is 3.33. The van der Waals surface area contributed by atoms with Gasteiger partial charge in [0.1, 0.15) is 17.4 Å². The van der Waals surface area contributed by atoms with Crippen molar-refractivity contribution in [3.63, 3.8) is 0 Å². The second-order valence-electron chi connectivity index (χ2n) is 4.22. The minimum Gasteiger partial charge on any atom is -0.486 e. The van der Waals surface area contributed by atoms with Crippen LogP contribution >= 0.6 is 11.3 Å². The third-order valence-corrected chi connectivity index (χ3v) is 3.85. The van der Waals surface area contributed by atoms with Gasteiger partial charge in [-0.15, -0.1) is 11.3 Å². The highest BCUT2D eigenvalue weighted by Gasteiger charge is 2.05. The maximum Gasteiger partial charge on any atom is 0.140 e. The van der Waals surface area contributed by atoms with Crippen molar-refractivity contribution >= 4 is 21.6 Å². The van der Waals surface area contributed by atoms with Gasteiger partial charge in [0.05, 0.1) is 10.2 Å². The molecule has 0 radical (unpaired) electrons. The van der Waals surface area contributed by atoms with Crippen LogP contribution in [0, 0.1) is 0 Å². The Morgan fingerprint density at radius 1 is 1.11 bits per heavy atom. The number of nitrogens with zero attached hydrogens (tertiary/aromatic N) is 1. The second-order valence-corrected chi connectivity index (χ2v) is 5.33. The lowest BCUT2D eigenvalue weighted by atomic mass is 10.2. The second kappa shape index (κ2) is 5.38. The minimum atomic E-state index is 0.501. The molecule has 0 bridgehead atoms. The van der Waals surface area contributed by atoms with Gasteiger partial charge in [0.15, 0.2) is 0 Å². The van der Waals surface area contributed by atoms with E-state index in [1.54, 1.807) is 11.3 Å². The number of fused-ring (bicyclic) bond motifs is 1. The summed E-state index contributed by atoms with van der Waals surface area (Å²) in [6, 6.07) is 15.9. The molecule has 0 atom stereocenters. The fourth-order valence-corrected chi connectivity index (χ4v) is 2.73. The lowest BCUT2D eigenvalue weighted by Gasteiger charge is -2.02. The summed E-state index contributed by atoms with van der Waals surface area (Å²) in [6.07, 6.45) is 0. The SMILES string of the molecule is NCc1ccc2sc(COc3ccccc3)nc2c1.